The summed E-state index contributed by atoms with van der Waals surface area (Å²) >= 11 is 0. The van der Waals surface area contributed by atoms with Gasteiger partial charge in [0.2, 0.25) is 0 Å². The number of hydrogen-bond donors (Lipinski definition) is 0. The quantitative estimate of drug-likeness (QED) is 0.0195. The molecule has 93 heavy (non-hydrogen) atoms. The number of rotatable bonds is 65. The number of nitrogens with zero attached hydrogens (tertiary/aromatic N) is 1. The zero-order chi connectivity index (χ0) is 67.5. The van der Waals surface area contributed by atoms with E-state index in [-0.39, 0.29) is 38.6 Å². The maximum absolute atomic E-state index is 13.0. The lowest BCUT2D eigenvalue weighted by Crippen LogP contribution is -2.44. The first-order valence-corrected chi connectivity index (χ1v) is 36.6. The average Bonchev–Trinajstić information content (AvgIpc) is 3.74. The van der Waals surface area contributed by atoms with Crippen LogP contribution < -0.4 is 5.11 Å². The lowest BCUT2D eigenvalue weighted by molar-refractivity contribution is -0.870. The van der Waals surface area contributed by atoms with Crippen molar-refractivity contribution in [1.82, 2.24) is 0 Å². The van der Waals surface area contributed by atoms with Gasteiger partial charge in [0.15, 0.2) is 12.4 Å². The number of unbranched alkanes of at least 4 members (excludes halogenated alkanes) is 18. The van der Waals surface area contributed by atoms with Crippen LogP contribution in [0.4, 0.5) is 0 Å². The summed E-state index contributed by atoms with van der Waals surface area (Å²) in [6, 6.07) is 0. The van der Waals surface area contributed by atoms with Gasteiger partial charge in [0, 0.05) is 12.8 Å². The SMILES string of the molecule is CC/C=C\C/C=C\C/C=C\C/C=C\C/C=C\C/C=C\C/C=C\C/C=C\C/C=C\CCCCCCCCCC(=O)OC(COC(=O)CCCCCCCCCCCCC/C=C\C/C=C\C/C=C\C/C=C\C/C=C\C/C=C\C/C=C\CC)COC(OCC[N+](C)(C)C)C(=O)[O-]. The Bertz CT molecular complexity index is 2230. The molecule has 9 heteroatoms. The molecular formula is C84H133NO8. The molecule has 0 saturated heterocycles. The number of quaternary nitrogens is 1. The zero-order valence-electron chi connectivity index (χ0n) is 59.5. The number of allylic oxidation sites excluding steroid dienone is 32. The molecule has 2 atom stereocenters. The van der Waals surface area contributed by atoms with Crippen LogP contribution in [0.15, 0.2) is 194 Å². The summed E-state index contributed by atoms with van der Waals surface area (Å²) in [6.45, 7) is 4.49. The summed E-state index contributed by atoms with van der Waals surface area (Å²) in [5.74, 6) is -2.32. The highest BCUT2D eigenvalue weighted by Gasteiger charge is 2.22. The second-order valence-electron chi connectivity index (χ2n) is 24.8. The van der Waals surface area contributed by atoms with Crippen molar-refractivity contribution in [2.75, 3.05) is 47.5 Å². The minimum absolute atomic E-state index is 0.134. The number of carboxylic acids is 1. The van der Waals surface area contributed by atoms with Crippen LogP contribution in [0.5, 0.6) is 0 Å². The van der Waals surface area contributed by atoms with Crippen LogP contribution in [0.25, 0.3) is 0 Å². The third-order valence-corrected chi connectivity index (χ3v) is 14.8. The molecular weight excluding hydrogens is 1150 g/mol. The van der Waals surface area contributed by atoms with E-state index in [4.69, 9.17) is 18.9 Å². The molecule has 0 amide bonds. The average molecular weight is 1280 g/mol. The molecule has 0 aliphatic heterocycles. The molecule has 0 aromatic carbocycles. The van der Waals surface area contributed by atoms with E-state index < -0.39 is 24.3 Å². The van der Waals surface area contributed by atoms with Gasteiger partial charge in [-0.2, -0.15) is 0 Å². The number of carboxylic acid groups (broad SMARTS) is 1. The lowest BCUT2D eigenvalue weighted by Gasteiger charge is -2.26. The fraction of sp³-hybridized carbons (Fsp3) is 0.583. The molecule has 0 radical (unpaired) electrons. The van der Waals surface area contributed by atoms with Gasteiger partial charge in [-0.15, -0.1) is 0 Å². The van der Waals surface area contributed by atoms with Crippen LogP contribution in [0.1, 0.15) is 258 Å². The Balaban J connectivity index is 4.21. The lowest BCUT2D eigenvalue weighted by atomic mass is 10.0. The van der Waals surface area contributed by atoms with E-state index in [1.165, 1.54) is 57.8 Å². The number of ether oxygens (including phenoxy) is 4. The maximum atomic E-state index is 13.0. The fourth-order valence-electron chi connectivity index (χ4n) is 9.33. The second kappa shape index (κ2) is 72.0. The minimum Gasteiger partial charge on any atom is -0.545 e. The van der Waals surface area contributed by atoms with Gasteiger partial charge in [0.1, 0.15) is 13.2 Å². The molecule has 9 nitrogen and oxygen atoms in total. The molecule has 0 fully saturated rings. The summed E-state index contributed by atoms with van der Waals surface area (Å²) in [4.78, 5) is 37.6. The Hall–Kier alpha value is -5.87. The molecule has 0 bridgehead atoms. The first kappa shape index (κ1) is 87.1. The van der Waals surface area contributed by atoms with Crippen LogP contribution in [0, 0.1) is 0 Å². The maximum Gasteiger partial charge on any atom is 0.306 e. The zero-order valence-corrected chi connectivity index (χ0v) is 59.5. The number of hydrogen-bond acceptors (Lipinski definition) is 8. The molecule has 0 rings (SSSR count). The van der Waals surface area contributed by atoms with Gasteiger partial charge in [0.25, 0.3) is 0 Å². The van der Waals surface area contributed by atoms with Crippen molar-refractivity contribution >= 4 is 17.9 Å². The monoisotopic (exact) mass is 1280 g/mol. The van der Waals surface area contributed by atoms with Crippen LogP contribution in [0.2, 0.25) is 0 Å². The summed E-state index contributed by atoms with van der Waals surface area (Å²) < 4.78 is 22.8. The summed E-state index contributed by atoms with van der Waals surface area (Å²) in [5.41, 5.74) is 0. The van der Waals surface area contributed by atoms with Gasteiger partial charge in [-0.1, -0.05) is 298 Å². The van der Waals surface area contributed by atoms with Crippen LogP contribution in [-0.4, -0.2) is 82.3 Å². The highest BCUT2D eigenvalue weighted by atomic mass is 16.7. The van der Waals surface area contributed by atoms with Crippen molar-refractivity contribution < 1.29 is 42.9 Å². The Kier molecular flexibility index (Phi) is 67.4. The first-order chi connectivity index (χ1) is 45.6. The van der Waals surface area contributed by atoms with Crippen molar-refractivity contribution in [2.24, 2.45) is 0 Å². The molecule has 0 N–H and O–H groups in total. The summed E-state index contributed by atoms with van der Waals surface area (Å²) in [5, 5.41) is 11.8. The third kappa shape index (κ3) is 73.4. The van der Waals surface area contributed by atoms with Crippen molar-refractivity contribution in [1.29, 1.82) is 0 Å². The van der Waals surface area contributed by atoms with Crippen LogP contribution in [0.3, 0.4) is 0 Å². The van der Waals surface area contributed by atoms with E-state index in [1.807, 2.05) is 21.1 Å². The van der Waals surface area contributed by atoms with E-state index in [0.29, 0.717) is 17.4 Å². The molecule has 0 aromatic rings. The van der Waals surface area contributed by atoms with Gasteiger partial charge in [0.05, 0.1) is 40.3 Å². The largest absolute Gasteiger partial charge is 0.545 e. The van der Waals surface area contributed by atoms with Crippen molar-refractivity contribution in [3.05, 3.63) is 194 Å². The van der Waals surface area contributed by atoms with Gasteiger partial charge in [-0.25, -0.2) is 0 Å². The van der Waals surface area contributed by atoms with E-state index in [2.05, 4.69) is 208 Å². The van der Waals surface area contributed by atoms with E-state index >= 15 is 0 Å². The second-order valence-corrected chi connectivity index (χ2v) is 24.8. The van der Waals surface area contributed by atoms with Crippen molar-refractivity contribution in [2.45, 2.75) is 270 Å². The van der Waals surface area contributed by atoms with Gasteiger partial charge in [-0.05, 0) is 141 Å². The van der Waals surface area contributed by atoms with Crippen molar-refractivity contribution in [3.8, 4) is 0 Å². The van der Waals surface area contributed by atoms with E-state index in [0.717, 1.165) is 167 Å². The van der Waals surface area contributed by atoms with Gasteiger partial charge >= 0.3 is 11.9 Å². The van der Waals surface area contributed by atoms with Gasteiger partial charge in [-0.3, -0.25) is 9.59 Å². The van der Waals surface area contributed by atoms with E-state index in [1.54, 1.807) is 0 Å². The molecule has 0 aliphatic rings. The smallest absolute Gasteiger partial charge is 0.306 e. The Morgan fingerprint density at radius 1 is 0.323 bits per heavy atom. The fourth-order valence-corrected chi connectivity index (χ4v) is 9.33. The number of carbonyl (C=O) groups is 3. The first-order valence-electron chi connectivity index (χ1n) is 36.6. The predicted octanol–water partition coefficient (Wildman–Crippen LogP) is 22.0. The number of aliphatic carboxylic acids is 1. The Morgan fingerprint density at radius 3 is 0.860 bits per heavy atom. The minimum atomic E-state index is -1.64. The number of esters is 2. The highest BCUT2D eigenvalue weighted by Crippen LogP contribution is 2.15. The third-order valence-electron chi connectivity index (χ3n) is 14.8. The van der Waals surface area contributed by atoms with Crippen LogP contribution in [-0.2, 0) is 33.3 Å². The van der Waals surface area contributed by atoms with Crippen LogP contribution >= 0.6 is 0 Å². The summed E-state index contributed by atoms with van der Waals surface area (Å²) in [6.07, 6.45) is 108. The number of likely N-dealkylation sites (N-methyl/N-ethyl adjacent to an activating group) is 1. The molecule has 522 valence electrons. The predicted molar refractivity (Wildman–Crippen MR) is 397 cm³/mol. The summed E-state index contributed by atoms with van der Waals surface area (Å²) in [7, 11) is 5.91. The molecule has 0 aliphatic carbocycles. The Morgan fingerprint density at radius 2 is 0.581 bits per heavy atom. The normalized spacial score (nSPS) is 13.9. The molecule has 2 unspecified atom stereocenters. The van der Waals surface area contributed by atoms with E-state index in [9.17, 15) is 19.5 Å². The highest BCUT2D eigenvalue weighted by molar-refractivity contribution is 5.70. The molecule has 0 aromatic heterocycles. The number of carbonyl (C=O) groups excluding carboxylic acids is 3. The topological polar surface area (TPSA) is 111 Å². The molecule has 0 spiro atoms. The van der Waals surface area contributed by atoms with Crippen molar-refractivity contribution in [3.63, 3.8) is 0 Å². The molecule has 0 saturated carbocycles. The standard InChI is InChI=1S/C84H133NO8/c1-6-8-10-12-14-16-18-20-22-24-26-28-30-32-34-36-38-40-41-43-45-47-49-51-53-55-57-59-61-63-65-67-69-71-73-75-82(87)93-80(79-92-84(83(88)89)90-77-76-85(3,4)5)78-91-81(86)74-72-70-68-66-64-62-60-58-56-54-52-50-48-46-44-42-39-37-35-33-31-29-27-25-23-21-19-17-15-13-11-9-7-2/h8-11,14-17,20-23,26-29,32-35,38-40,42-43,45-46,48-49,51,55,57,80,84H,6-7,12-13,18-19,24-25,30-31,36-37,41,44,47,50,52-54,56,58-79H2,1-5H3/b10-8-,11-9-,16-14-,17-15-,22-20-,23-21-,28-26-,29-27-,34-32-,35-33-,40-38-,42-39-,45-43-,48-46-,51-49-,57-55-. The van der Waals surface area contributed by atoms with Gasteiger partial charge < -0.3 is 33.3 Å². The Labute approximate surface area is 570 Å². The molecule has 0 heterocycles.